The number of ether oxygens (including phenoxy) is 1. The molecule has 1 rings (SSSR count). The highest BCUT2D eigenvalue weighted by molar-refractivity contribution is 5.78. The van der Waals surface area contributed by atoms with Crippen molar-refractivity contribution in [3.63, 3.8) is 0 Å². The molecule has 1 fully saturated rings. The Morgan fingerprint density at radius 1 is 1.47 bits per heavy atom. The number of carbonyl (C=O) groups is 1. The first-order valence-corrected chi connectivity index (χ1v) is 5.71. The fraction of sp³-hybridized carbons (Fsp3) is 0.909. The van der Waals surface area contributed by atoms with Crippen LogP contribution in [0.15, 0.2) is 0 Å². The van der Waals surface area contributed by atoms with Gasteiger partial charge in [0.2, 0.25) is 5.91 Å². The third-order valence-electron chi connectivity index (χ3n) is 2.94. The van der Waals surface area contributed by atoms with Crippen LogP contribution in [0.4, 0.5) is 0 Å². The predicted molar refractivity (Wildman–Crippen MR) is 59.7 cm³/mol. The van der Waals surface area contributed by atoms with Crippen LogP contribution in [0.5, 0.6) is 0 Å². The highest BCUT2D eigenvalue weighted by Crippen LogP contribution is 2.48. The van der Waals surface area contributed by atoms with Gasteiger partial charge in [0.1, 0.15) is 0 Å². The fourth-order valence-electron chi connectivity index (χ4n) is 1.63. The topological polar surface area (TPSA) is 50.4 Å². The molecule has 15 heavy (non-hydrogen) atoms. The molecule has 0 heterocycles. The molecule has 0 aromatic rings. The summed E-state index contributed by atoms with van der Waals surface area (Å²) in [6, 6.07) is 0. The normalized spacial score (nSPS) is 17.5. The molecule has 0 aliphatic heterocycles. The largest absolute Gasteiger partial charge is 0.382 e. The summed E-state index contributed by atoms with van der Waals surface area (Å²) in [5.41, 5.74) is 0.346. The van der Waals surface area contributed by atoms with Crippen LogP contribution in [-0.2, 0) is 9.53 Å². The van der Waals surface area contributed by atoms with E-state index in [-0.39, 0.29) is 5.91 Å². The minimum atomic E-state index is 0.0835. The molecule has 0 aromatic carbocycles. The molecule has 0 unspecified atom stereocenters. The van der Waals surface area contributed by atoms with Crippen molar-refractivity contribution in [3.8, 4) is 0 Å². The monoisotopic (exact) mass is 214 g/mol. The second kappa shape index (κ2) is 6.08. The van der Waals surface area contributed by atoms with Crippen molar-refractivity contribution in [2.45, 2.75) is 26.2 Å². The standard InChI is InChI=1S/C11H22N2O2/c1-3-15-7-6-11(4-5-11)9-13-10(14)8-12-2/h12H,3-9H2,1-2H3,(H,13,14). The molecule has 1 aliphatic rings. The lowest BCUT2D eigenvalue weighted by Crippen LogP contribution is -2.36. The highest BCUT2D eigenvalue weighted by Gasteiger charge is 2.41. The highest BCUT2D eigenvalue weighted by atomic mass is 16.5. The lowest BCUT2D eigenvalue weighted by Gasteiger charge is -2.15. The van der Waals surface area contributed by atoms with E-state index in [0.717, 1.165) is 26.2 Å². The Morgan fingerprint density at radius 2 is 2.20 bits per heavy atom. The summed E-state index contributed by atoms with van der Waals surface area (Å²) in [7, 11) is 1.78. The number of hydrogen-bond acceptors (Lipinski definition) is 3. The van der Waals surface area contributed by atoms with Crippen molar-refractivity contribution in [2.75, 3.05) is 33.4 Å². The van der Waals surface area contributed by atoms with E-state index in [1.165, 1.54) is 12.8 Å². The molecule has 0 radical (unpaired) electrons. The average Bonchev–Trinajstić information content (AvgIpc) is 2.97. The van der Waals surface area contributed by atoms with Gasteiger partial charge in [-0.3, -0.25) is 4.79 Å². The van der Waals surface area contributed by atoms with E-state index in [0.29, 0.717) is 12.0 Å². The first kappa shape index (κ1) is 12.5. The van der Waals surface area contributed by atoms with E-state index in [1.807, 2.05) is 6.92 Å². The second-order valence-electron chi connectivity index (χ2n) is 4.25. The van der Waals surface area contributed by atoms with E-state index in [9.17, 15) is 4.79 Å². The first-order valence-electron chi connectivity index (χ1n) is 5.71. The van der Waals surface area contributed by atoms with Gasteiger partial charge in [0.15, 0.2) is 0 Å². The van der Waals surface area contributed by atoms with Crippen LogP contribution >= 0.6 is 0 Å². The van der Waals surface area contributed by atoms with Gasteiger partial charge in [0.25, 0.3) is 0 Å². The van der Waals surface area contributed by atoms with Gasteiger partial charge in [0, 0.05) is 19.8 Å². The van der Waals surface area contributed by atoms with Crippen molar-refractivity contribution in [1.82, 2.24) is 10.6 Å². The quantitative estimate of drug-likeness (QED) is 0.579. The van der Waals surface area contributed by atoms with Crippen LogP contribution in [0.1, 0.15) is 26.2 Å². The molecule has 1 aliphatic carbocycles. The van der Waals surface area contributed by atoms with Gasteiger partial charge in [-0.05, 0) is 38.6 Å². The molecular formula is C11H22N2O2. The zero-order valence-electron chi connectivity index (χ0n) is 9.77. The van der Waals surface area contributed by atoms with Crippen molar-refractivity contribution in [3.05, 3.63) is 0 Å². The third kappa shape index (κ3) is 4.62. The summed E-state index contributed by atoms with van der Waals surface area (Å²) < 4.78 is 5.34. The predicted octanol–water partition coefficient (Wildman–Crippen LogP) is 0.529. The van der Waals surface area contributed by atoms with Crippen molar-refractivity contribution in [1.29, 1.82) is 0 Å². The molecule has 4 nitrogen and oxygen atoms in total. The van der Waals surface area contributed by atoms with Crippen molar-refractivity contribution >= 4 is 5.91 Å². The number of rotatable bonds is 8. The first-order chi connectivity index (χ1) is 7.22. The van der Waals surface area contributed by atoms with Gasteiger partial charge in [-0.25, -0.2) is 0 Å². The van der Waals surface area contributed by atoms with Crippen LogP contribution in [0.2, 0.25) is 0 Å². The Morgan fingerprint density at radius 3 is 2.73 bits per heavy atom. The minimum absolute atomic E-state index is 0.0835. The molecule has 0 spiro atoms. The maximum atomic E-state index is 11.2. The summed E-state index contributed by atoms with van der Waals surface area (Å²) in [6.45, 7) is 4.82. The van der Waals surface area contributed by atoms with Crippen molar-refractivity contribution < 1.29 is 9.53 Å². The van der Waals surface area contributed by atoms with Gasteiger partial charge < -0.3 is 15.4 Å². The van der Waals surface area contributed by atoms with Crippen LogP contribution in [0.3, 0.4) is 0 Å². The number of amides is 1. The van der Waals surface area contributed by atoms with Crippen LogP contribution in [0, 0.1) is 5.41 Å². The van der Waals surface area contributed by atoms with Crippen LogP contribution in [-0.4, -0.2) is 39.3 Å². The number of likely N-dealkylation sites (N-methyl/N-ethyl adjacent to an activating group) is 1. The summed E-state index contributed by atoms with van der Waals surface area (Å²) in [5, 5.41) is 5.80. The summed E-state index contributed by atoms with van der Waals surface area (Å²) in [4.78, 5) is 11.2. The molecule has 0 saturated heterocycles. The molecule has 2 N–H and O–H groups in total. The van der Waals surface area contributed by atoms with Gasteiger partial charge in [0.05, 0.1) is 6.54 Å². The molecule has 88 valence electrons. The molecular weight excluding hydrogens is 192 g/mol. The van der Waals surface area contributed by atoms with Gasteiger partial charge in [-0.1, -0.05) is 0 Å². The Balaban J connectivity index is 2.11. The Hall–Kier alpha value is -0.610. The lowest BCUT2D eigenvalue weighted by atomic mass is 10.0. The Kier molecular flexibility index (Phi) is 5.05. The molecule has 0 aromatic heterocycles. The number of nitrogens with one attached hydrogen (secondary N) is 2. The van der Waals surface area contributed by atoms with E-state index < -0.39 is 0 Å². The second-order valence-corrected chi connectivity index (χ2v) is 4.25. The minimum Gasteiger partial charge on any atom is -0.382 e. The van der Waals surface area contributed by atoms with Gasteiger partial charge in [-0.2, -0.15) is 0 Å². The summed E-state index contributed by atoms with van der Waals surface area (Å²) in [6.07, 6.45) is 3.51. The smallest absolute Gasteiger partial charge is 0.233 e. The SMILES string of the molecule is CCOCCC1(CNC(=O)CNC)CC1. The molecule has 1 saturated carbocycles. The van der Waals surface area contributed by atoms with Crippen molar-refractivity contribution in [2.24, 2.45) is 5.41 Å². The number of carbonyl (C=O) groups excluding carboxylic acids is 1. The van der Waals surface area contributed by atoms with E-state index in [2.05, 4.69) is 10.6 Å². The summed E-state index contributed by atoms with van der Waals surface area (Å²) >= 11 is 0. The van der Waals surface area contributed by atoms with Crippen LogP contribution in [0.25, 0.3) is 0 Å². The molecule has 0 atom stereocenters. The Bertz CT molecular complexity index is 203. The van der Waals surface area contributed by atoms with Gasteiger partial charge in [-0.15, -0.1) is 0 Å². The van der Waals surface area contributed by atoms with E-state index in [4.69, 9.17) is 4.74 Å². The average molecular weight is 214 g/mol. The number of hydrogen-bond donors (Lipinski definition) is 2. The molecule has 1 amide bonds. The third-order valence-corrected chi connectivity index (χ3v) is 2.94. The Labute approximate surface area is 91.8 Å². The van der Waals surface area contributed by atoms with Gasteiger partial charge >= 0.3 is 0 Å². The summed E-state index contributed by atoms with van der Waals surface area (Å²) in [5.74, 6) is 0.0835. The fourth-order valence-corrected chi connectivity index (χ4v) is 1.63. The van der Waals surface area contributed by atoms with Crippen LogP contribution < -0.4 is 10.6 Å². The zero-order valence-corrected chi connectivity index (χ0v) is 9.77. The maximum absolute atomic E-state index is 11.2. The molecule has 4 heteroatoms. The lowest BCUT2D eigenvalue weighted by molar-refractivity contribution is -0.120. The van der Waals surface area contributed by atoms with E-state index >= 15 is 0 Å². The molecule has 0 bridgehead atoms. The zero-order chi connectivity index (χ0) is 11.1. The maximum Gasteiger partial charge on any atom is 0.233 e. The van der Waals surface area contributed by atoms with E-state index in [1.54, 1.807) is 7.05 Å².